The van der Waals surface area contributed by atoms with Crippen LogP contribution in [0.2, 0.25) is 0 Å². The molecule has 1 aromatic heterocycles. The third kappa shape index (κ3) is 2.79. The minimum Gasteiger partial charge on any atom is -0.482 e. The Balaban J connectivity index is 1.59. The highest BCUT2D eigenvalue weighted by molar-refractivity contribution is 5.78. The summed E-state index contributed by atoms with van der Waals surface area (Å²) in [6, 6.07) is 11.9. The summed E-state index contributed by atoms with van der Waals surface area (Å²) in [6.45, 7) is 1.49. The molecule has 0 N–H and O–H groups in total. The predicted octanol–water partition coefficient (Wildman–Crippen LogP) is 2.05. The second kappa shape index (κ2) is 5.74. The Morgan fingerprint density at radius 1 is 1.20 bits per heavy atom. The molecule has 20 heavy (non-hydrogen) atoms. The molecule has 2 aromatic rings. The Labute approximate surface area is 118 Å². The zero-order valence-electron chi connectivity index (χ0n) is 11.2. The zero-order valence-corrected chi connectivity index (χ0v) is 11.2. The van der Waals surface area contributed by atoms with Gasteiger partial charge in [-0.3, -0.25) is 9.78 Å². The van der Waals surface area contributed by atoms with Crippen LogP contribution >= 0.6 is 0 Å². The van der Waals surface area contributed by atoms with E-state index < -0.39 is 0 Å². The lowest BCUT2D eigenvalue weighted by atomic mass is 10.00. The van der Waals surface area contributed by atoms with Crippen molar-refractivity contribution >= 4 is 5.91 Å². The summed E-state index contributed by atoms with van der Waals surface area (Å²) in [7, 11) is 0. The molecule has 0 unspecified atom stereocenters. The topological polar surface area (TPSA) is 42.4 Å². The molecule has 1 aromatic carbocycles. The first-order valence-corrected chi connectivity index (χ1v) is 6.70. The molecule has 1 aliphatic heterocycles. The number of carbonyl (C=O) groups is 1. The Hall–Kier alpha value is -2.36. The van der Waals surface area contributed by atoms with Crippen LogP contribution in [0.3, 0.4) is 0 Å². The van der Waals surface area contributed by atoms with Gasteiger partial charge in [0.15, 0.2) is 6.61 Å². The van der Waals surface area contributed by atoms with E-state index in [-0.39, 0.29) is 12.5 Å². The molecule has 0 fully saturated rings. The molecular weight excluding hydrogens is 252 g/mol. The van der Waals surface area contributed by atoms with Gasteiger partial charge in [0.05, 0.1) is 6.20 Å². The van der Waals surface area contributed by atoms with Crippen LogP contribution < -0.4 is 4.74 Å². The number of hydrogen-bond donors (Lipinski definition) is 0. The van der Waals surface area contributed by atoms with Gasteiger partial charge in [-0.05, 0) is 29.7 Å². The lowest BCUT2D eigenvalue weighted by molar-refractivity contribution is -0.134. The third-order valence-corrected chi connectivity index (χ3v) is 3.48. The summed E-state index contributed by atoms with van der Waals surface area (Å²) in [5.74, 6) is 0.640. The van der Waals surface area contributed by atoms with Crippen LogP contribution in [0.5, 0.6) is 5.75 Å². The highest BCUT2D eigenvalue weighted by atomic mass is 16.5. The van der Waals surface area contributed by atoms with Crippen molar-refractivity contribution in [3.8, 4) is 5.75 Å². The van der Waals surface area contributed by atoms with E-state index in [1.54, 1.807) is 24.5 Å². The quantitative estimate of drug-likeness (QED) is 0.855. The van der Waals surface area contributed by atoms with Crippen LogP contribution in [0.1, 0.15) is 11.1 Å². The van der Waals surface area contributed by atoms with E-state index in [1.165, 1.54) is 11.1 Å². The van der Waals surface area contributed by atoms with Crippen molar-refractivity contribution in [1.82, 2.24) is 9.88 Å². The van der Waals surface area contributed by atoms with Crippen molar-refractivity contribution in [3.63, 3.8) is 0 Å². The maximum atomic E-state index is 12.2. The number of aromatic nitrogens is 1. The fraction of sp³-hybridized carbons (Fsp3) is 0.250. The van der Waals surface area contributed by atoms with Crippen LogP contribution in [-0.4, -0.2) is 28.9 Å². The average molecular weight is 268 g/mol. The molecule has 0 spiro atoms. The molecule has 4 nitrogen and oxygen atoms in total. The molecule has 0 aliphatic carbocycles. The van der Waals surface area contributed by atoms with Crippen LogP contribution in [0.25, 0.3) is 0 Å². The second-order valence-corrected chi connectivity index (χ2v) is 4.81. The molecule has 1 amide bonds. The highest BCUT2D eigenvalue weighted by Crippen LogP contribution is 2.18. The first-order chi connectivity index (χ1) is 9.83. The summed E-state index contributed by atoms with van der Waals surface area (Å²) in [6.07, 6.45) is 4.20. The standard InChI is InChI=1S/C16H16N2O2/c19-16(12-20-15-6-3-8-17-10-15)18-9-7-13-4-1-2-5-14(13)11-18/h1-6,8,10H,7,9,11-12H2. The van der Waals surface area contributed by atoms with Gasteiger partial charge < -0.3 is 9.64 Å². The highest BCUT2D eigenvalue weighted by Gasteiger charge is 2.20. The van der Waals surface area contributed by atoms with E-state index in [2.05, 4.69) is 17.1 Å². The van der Waals surface area contributed by atoms with Crippen molar-refractivity contribution in [2.45, 2.75) is 13.0 Å². The lowest BCUT2D eigenvalue weighted by Gasteiger charge is -2.28. The van der Waals surface area contributed by atoms with Gasteiger partial charge >= 0.3 is 0 Å². The number of fused-ring (bicyclic) bond motifs is 1. The van der Waals surface area contributed by atoms with Gasteiger partial charge in [-0.1, -0.05) is 24.3 Å². The minimum absolute atomic E-state index is 0.0170. The Kier molecular flexibility index (Phi) is 3.63. The van der Waals surface area contributed by atoms with Gasteiger partial charge in [0, 0.05) is 19.3 Å². The molecule has 0 atom stereocenters. The van der Waals surface area contributed by atoms with Crippen molar-refractivity contribution in [2.24, 2.45) is 0 Å². The third-order valence-electron chi connectivity index (χ3n) is 3.48. The van der Waals surface area contributed by atoms with Crippen LogP contribution in [-0.2, 0) is 17.8 Å². The molecule has 4 heteroatoms. The molecule has 0 saturated heterocycles. The Morgan fingerprint density at radius 2 is 2.05 bits per heavy atom. The van der Waals surface area contributed by atoms with E-state index >= 15 is 0 Å². The molecule has 0 saturated carbocycles. The van der Waals surface area contributed by atoms with E-state index in [0.717, 1.165) is 13.0 Å². The van der Waals surface area contributed by atoms with Gasteiger partial charge in [-0.15, -0.1) is 0 Å². The van der Waals surface area contributed by atoms with Gasteiger partial charge in [-0.2, -0.15) is 0 Å². The van der Waals surface area contributed by atoms with Crippen LogP contribution in [0, 0.1) is 0 Å². The predicted molar refractivity (Wildman–Crippen MR) is 75.3 cm³/mol. The van der Waals surface area contributed by atoms with Gasteiger partial charge in [0.1, 0.15) is 5.75 Å². The number of ether oxygens (including phenoxy) is 1. The van der Waals surface area contributed by atoms with E-state index in [9.17, 15) is 4.79 Å². The average Bonchev–Trinajstić information content (AvgIpc) is 2.53. The minimum atomic E-state index is 0.0170. The van der Waals surface area contributed by atoms with Gasteiger partial charge in [-0.25, -0.2) is 0 Å². The zero-order chi connectivity index (χ0) is 13.8. The maximum absolute atomic E-state index is 12.2. The monoisotopic (exact) mass is 268 g/mol. The van der Waals surface area contributed by atoms with Gasteiger partial charge in [0.2, 0.25) is 0 Å². The lowest BCUT2D eigenvalue weighted by Crippen LogP contribution is -2.38. The second-order valence-electron chi connectivity index (χ2n) is 4.81. The fourth-order valence-corrected chi connectivity index (χ4v) is 2.38. The largest absolute Gasteiger partial charge is 0.482 e. The molecule has 3 rings (SSSR count). The maximum Gasteiger partial charge on any atom is 0.260 e. The van der Waals surface area contributed by atoms with E-state index in [4.69, 9.17) is 4.74 Å². The number of carbonyl (C=O) groups excluding carboxylic acids is 1. The normalized spacial score (nSPS) is 13.7. The summed E-state index contributed by atoms with van der Waals surface area (Å²) in [5, 5.41) is 0. The summed E-state index contributed by atoms with van der Waals surface area (Å²) < 4.78 is 5.46. The molecule has 2 heterocycles. The number of pyridine rings is 1. The Bertz CT molecular complexity index is 598. The molecule has 0 bridgehead atoms. The van der Waals surface area contributed by atoms with Crippen molar-refractivity contribution in [3.05, 3.63) is 59.9 Å². The first-order valence-electron chi connectivity index (χ1n) is 6.70. The van der Waals surface area contributed by atoms with E-state index in [1.807, 2.05) is 17.0 Å². The summed E-state index contributed by atoms with van der Waals surface area (Å²) in [4.78, 5) is 18.0. The summed E-state index contributed by atoms with van der Waals surface area (Å²) >= 11 is 0. The van der Waals surface area contributed by atoms with E-state index in [0.29, 0.717) is 12.3 Å². The molecule has 1 aliphatic rings. The van der Waals surface area contributed by atoms with Gasteiger partial charge in [0.25, 0.3) is 5.91 Å². The SMILES string of the molecule is O=C(COc1cccnc1)N1CCc2ccccc2C1. The summed E-state index contributed by atoms with van der Waals surface area (Å²) in [5.41, 5.74) is 2.57. The number of rotatable bonds is 3. The molecule has 102 valence electrons. The van der Waals surface area contributed by atoms with Crippen LogP contribution in [0.15, 0.2) is 48.8 Å². The number of benzene rings is 1. The van der Waals surface area contributed by atoms with Crippen molar-refractivity contribution in [2.75, 3.05) is 13.2 Å². The van der Waals surface area contributed by atoms with Crippen molar-refractivity contribution < 1.29 is 9.53 Å². The molecule has 0 radical (unpaired) electrons. The Morgan fingerprint density at radius 3 is 2.85 bits per heavy atom. The molecular formula is C16H16N2O2. The fourth-order valence-electron chi connectivity index (χ4n) is 2.38. The number of nitrogens with zero attached hydrogens (tertiary/aromatic N) is 2. The first kappa shape index (κ1) is 12.7. The number of amides is 1. The smallest absolute Gasteiger partial charge is 0.260 e. The van der Waals surface area contributed by atoms with Crippen molar-refractivity contribution in [1.29, 1.82) is 0 Å². The number of hydrogen-bond acceptors (Lipinski definition) is 3. The van der Waals surface area contributed by atoms with Crippen LogP contribution in [0.4, 0.5) is 0 Å².